The summed E-state index contributed by atoms with van der Waals surface area (Å²) in [6, 6.07) is 9.06. The van der Waals surface area contributed by atoms with Crippen LogP contribution in [0.2, 0.25) is 0 Å². The number of benzene rings is 1. The number of hydrogen-bond acceptors (Lipinski definition) is 3. The summed E-state index contributed by atoms with van der Waals surface area (Å²) < 4.78 is 5.03. The van der Waals surface area contributed by atoms with Crippen LogP contribution in [0.4, 0.5) is 0 Å². The third kappa shape index (κ3) is 4.24. The molecule has 0 heterocycles. The minimum absolute atomic E-state index is 0.410. The third-order valence-corrected chi connectivity index (χ3v) is 3.31. The van der Waals surface area contributed by atoms with Crippen molar-refractivity contribution < 1.29 is 4.74 Å². The lowest BCUT2D eigenvalue weighted by molar-refractivity contribution is 0.218. The van der Waals surface area contributed by atoms with E-state index in [9.17, 15) is 0 Å². The molecule has 0 spiro atoms. The second-order valence-corrected chi connectivity index (χ2v) is 4.59. The normalized spacial score (nSPS) is 12.7. The van der Waals surface area contributed by atoms with E-state index in [2.05, 4.69) is 36.5 Å². The monoisotopic (exact) mass is 225 g/mol. The fraction of sp³-hybridized carbons (Fsp3) is 0.500. The molecule has 3 heteroatoms. The average Bonchev–Trinajstić information content (AvgIpc) is 2.29. The summed E-state index contributed by atoms with van der Waals surface area (Å²) in [5.74, 6) is 1.01. The number of ether oxygens (including phenoxy) is 1. The molecule has 0 aromatic heterocycles. The molecule has 0 saturated heterocycles. The Morgan fingerprint density at radius 1 is 1.47 bits per heavy atom. The first-order chi connectivity index (χ1) is 7.27. The van der Waals surface area contributed by atoms with E-state index in [1.165, 1.54) is 10.5 Å². The zero-order chi connectivity index (χ0) is 11.1. The molecule has 0 saturated carbocycles. The molecule has 0 aliphatic heterocycles. The predicted molar refractivity (Wildman–Crippen MR) is 66.5 cm³/mol. The van der Waals surface area contributed by atoms with Crippen LogP contribution < -0.4 is 5.32 Å². The highest BCUT2D eigenvalue weighted by Gasteiger charge is 2.02. The van der Waals surface area contributed by atoms with Gasteiger partial charge in [0.25, 0.3) is 0 Å². The van der Waals surface area contributed by atoms with Crippen molar-refractivity contribution >= 4 is 11.8 Å². The molecule has 1 unspecified atom stereocenters. The number of thioether (sulfide) groups is 1. The van der Waals surface area contributed by atoms with Crippen LogP contribution in [0.25, 0.3) is 0 Å². The van der Waals surface area contributed by atoms with E-state index < -0.39 is 0 Å². The Morgan fingerprint density at radius 3 is 2.93 bits per heavy atom. The highest BCUT2D eigenvalue weighted by atomic mass is 32.2. The highest BCUT2D eigenvalue weighted by molar-refractivity contribution is 7.99. The third-order valence-electron chi connectivity index (χ3n) is 2.35. The van der Waals surface area contributed by atoms with Gasteiger partial charge in [0.2, 0.25) is 0 Å². The molecule has 15 heavy (non-hydrogen) atoms. The molecule has 0 aliphatic rings. The summed E-state index contributed by atoms with van der Waals surface area (Å²) >= 11 is 1.83. The van der Waals surface area contributed by atoms with Gasteiger partial charge >= 0.3 is 0 Å². The number of nitrogens with one attached hydrogen (secondary N) is 1. The largest absolute Gasteiger partial charge is 0.384 e. The van der Waals surface area contributed by atoms with Gasteiger partial charge in [0, 0.05) is 23.8 Å². The molecule has 1 rings (SSSR count). The van der Waals surface area contributed by atoms with E-state index in [4.69, 9.17) is 4.74 Å². The van der Waals surface area contributed by atoms with Crippen LogP contribution in [-0.2, 0) is 4.74 Å². The van der Waals surface area contributed by atoms with Gasteiger partial charge < -0.3 is 10.1 Å². The average molecular weight is 225 g/mol. The lowest BCUT2D eigenvalue weighted by Gasteiger charge is -2.11. The molecule has 1 aromatic rings. The Balaban J connectivity index is 2.57. The molecule has 1 atom stereocenters. The molecular formula is C12H19NOS. The molecule has 1 N–H and O–H groups in total. The Morgan fingerprint density at radius 2 is 2.27 bits per heavy atom. The van der Waals surface area contributed by atoms with Crippen molar-refractivity contribution in [3.05, 3.63) is 29.8 Å². The van der Waals surface area contributed by atoms with E-state index in [1.54, 1.807) is 7.11 Å². The summed E-state index contributed by atoms with van der Waals surface area (Å²) in [5, 5.41) is 3.24. The Hall–Kier alpha value is -0.510. The second kappa shape index (κ2) is 6.88. The standard InChI is InChI=1S/C12H19NOS/c1-10(13-2)11-5-4-6-12(9-11)15-8-7-14-3/h4-6,9-10,13H,7-8H2,1-3H3. The summed E-state index contributed by atoms with van der Waals surface area (Å²) in [5.41, 5.74) is 1.33. The van der Waals surface area contributed by atoms with Crippen molar-refractivity contribution in [2.24, 2.45) is 0 Å². The molecule has 0 radical (unpaired) electrons. The topological polar surface area (TPSA) is 21.3 Å². The van der Waals surface area contributed by atoms with Crippen molar-refractivity contribution in [3.8, 4) is 0 Å². The van der Waals surface area contributed by atoms with Crippen LogP contribution in [-0.4, -0.2) is 26.5 Å². The van der Waals surface area contributed by atoms with Gasteiger partial charge in [-0.3, -0.25) is 0 Å². The van der Waals surface area contributed by atoms with Gasteiger partial charge in [0.05, 0.1) is 6.61 Å². The smallest absolute Gasteiger partial charge is 0.0556 e. The molecule has 0 aliphatic carbocycles. The van der Waals surface area contributed by atoms with Crippen LogP contribution in [0, 0.1) is 0 Å². The van der Waals surface area contributed by atoms with Crippen LogP contribution in [0.1, 0.15) is 18.5 Å². The SMILES string of the molecule is CNC(C)c1cccc(SCCOC)c1. The Labute approximate surface area is 96.4 Å². The molecule has 1 aromatic carbocycles. The molecule has 0 amide bonds. The van der Waals surface area contributed by atoms with Crippen molar-refractivity contribution in [3.63, 3.8) is 0 Å². The van der Waals surface area contributed by atoms with Crippen LogP contribution in [0.15, 0.2) is 29.2 Å². The summed E-state index contributed by atoms with van der Waals surface area (Å²) in [6.07, 6.45) is 0. The second-order valence-electron chi connectivity index (χ2n) is 3.42. The van der Waals surface area contributed by atoms with Gasteiger partial charge in [-0.1, -0.05) is 12.1 Å². The van der Waals surface area contributed by atoms with Crippen molar-refractivity contribution in [2.45, 2.75) is 17.9 Å². The lowest BCUT2D eigenvalue weighted by Crippen LogP contribution is -2.12. The molecule has 0 fully saturated rings. The zero-order valence-corrected chi connectivity index (χ0v) is 10.4. The molecule has 0 bridgehead atoms. The minimum Gasteiger partial charge on any atom is -0.384 e. The first kappa shape index (κ1) is 12.6. The summed E-state index contributed by atoms with van der Waals surface area (Å²) in [4.78, 5) is 1.31. The Bertz CT molecular complexity index is 291. The van der Waals surface area contributed by atoms with Crippen molar-refractivity contribution in [1.29, 1.82) is 0 Å². The van der Waals surface area contributed by atoms with Gasteiger partial charge in [-0.2, -0.15) is 0 Å². The first-order valence-electron chi connectivity index (χ1n) is 5.17. The highest BCUT2D eigenvalue weighted by Crippen LogP contribution is 2.21. The van der Waals surface area contributed by atoms with Gasteiger partial charge in [-0.25, -0.2) is 0 Å². The minimum atomic E-state index is 0.410. The summed E-state index contributed by atoms with van der Waals surface area (Å²) in [7, 11) is 3.72. The first-order valence-corrected chi connectivity index (χ1v) is 6.15. The number of hydrogen-bond donors (Lipinski definition) is 1. The van der Waals surface area contributed by atoms with Crippen LogP contribution >= 0.6 is 11.8 Å². The van der Waals surface area contributed by atoms with Gasteiger partial charge in [-0.05, 0) is 31.7 Å². The van der Waals surface area contributed by atoms with E-state index in [0.29, 0.717) is 6.04 Å². The maximum absolute atomic E-state index is 5.03. The van der Waals surface area contributed by atoms with Crippen molar-refractivity contribution in [1.82, 2.24) is 5.32 Å². The van der Waals surface area contributed by atoms with E-state index in [1.807, 2.05) is 18.8 Å². The molecule has 84 valence electrons. The number of rotatable bonds is 6. The predicted octanol–water partition coefficient (Wildman–Crippen LogP) is 2.71. The molecular weight excluding hydrogens is 206 g/mol. The Kier molecular flexibility index (Phi) is 5.76. The van der Waals surface area contributed by atoms with E-state index in [-0.39, 0.29) is 0 Å². The molecule has 2 nitrogen and oxygen atoms in total. The van der Waals surface area contributed by atoms with Gasteiger partial charge in [0.1, 0.15) is 0 Å². The van der Waals surface area contributed by atoms with Gasteiger partial charge in [0.15, 0.2) is 0 Å². The van der Waals surface area contributed by atoms with Gasteiger partial charge in [-0.15, -0.1) is 11.8 Å². The number of methoxy groups -OCH3 is 1. The van der Waals surface area contributed by atoms with E-state index in [0.717, 1.165) is 12.4 Å². The fourth-order valence-electron chi connectivity index (χ4n) is 1.28. The zero-order valence-electron chi connectivity index (χ0n) is 9.62. The van der Waals surface area contributed by atoms with Crippen LogP contribution in [0.3, 0.4) is 0 Å². The maximum atomic E-state index is 5.03. The maximum Gasteiger partial charge on any atom is 0.0556 e. The fourth-order valence-corrected chi connectivity index (χ4v) is 2.16. The van der Waals surface area contributed by atoms with Crippen LogP contribution in [0.5, 0.6) is 0 Å². The lowest BCUT2D eigenvalue weighted by atomic mass is 10.1. The quantitative estimate of drug-likeness (QED) is 0.594. The van der Waals surface area contributed by atoms with Crippen molar-refractivity contribution in [2.75, 3.05) is 26.5 Å². The summed E-state index contributed by atoms with van der Waals surface area (Å²) in [6.45, 7) is 2.97. The van der Waals surface area contributed by atoms with E-state index >= 15 is 0 Å².